The molecule has 0 bridgehead atoms. The lowest BCUT2D eigenvalue weighted by molar-refractivity contribution is -0.122. The van der Waals surface area contributed by atoms with Gasteiger partial charge in [0.05, 0.1) is 6.04 Å². The Morgan fingerprint density at radius 3 is 2.47 bits per heavy atom. The lowest BCUT2D eigenvalue weighted by Gasteiger charge is -2.24. The van der Waals surface area contributed by atoms with Gasteiger partial charge in [-0.05, 0) is 36.5 Å². The Bertz CT molecular complexity index is 343. The number of carbonyl (C=O) groups is 1. The number of nitrogens with zero attached hydrogens (tertiary/aromatic N) is 1. The van der Waals surface area contributed by atoms with Gasteiger partial charge in [-0.1, -0.05) is 32.9 Å². The van der Waals surface area contributed by atoms with Crippen LogP contribution in [0.25, 0.3) is 0 Å². The summed E-state index contributed by atoms with van der Waals surface area (Å²) in [6.45, 7) is 8.60. The van der Waals surface area contributed by atoms with Crippen molar-refractivity contribution in [3.63, 3.8) is 0 Å². The van der Waals surface area contributed by atoms with Crippen molar-refractivity contribution in [1.29, 1.82) is 0 Å². The monoisotopic (exact) mass is 269 g/mol. The molecule has 19 heavy (non-hydrogen) atoms. The van der Waals surface area contributed by atoms with Crippen molar-refractivity contribution in [3.8, 4) is 0 Å². The first-order valence-corrected chi connectivity index (χ1v) is 6.99. The molecule has 5 nitrogen and oxygen atoms in total. The third kappa shape index (κ3) is 5.94. The van der Waals surface area contributed by atoms with Crippen LogP contribution in [0.4, 0.5) is 0 Å². The van der Waals surface area contributed by atoms with Gasteiger partial charge in [-0.2, -0.15) is 0 Å². The molecule has 110 valence electrons. The number of oxime groups is 1. The summed E-state index contributed by atoms with van der Waals surface area (Å²) in [4.78, 5) is 12.0. The Morgan fingerprint density at radius 2 is 2.05 bits per heavy atom. The maximum atomic E-state index is 12.0. The minimum atomic E-state index is -0.306. The molecular formula is C14H27N3O2. The lowest BCUT2D eigenvalue weighted by atomic mass is 9.84. The van der Waals surface area contributed by atoms with Crippen LogP contribution < -0.4 is 11.1 Å². The molecule has 1 fully saturated rings. The number of nitrogens with one attached hydrogen (secondary N) is 1. The first-order chi connectivity index (χ1) is 8.73. The molecule has 1 rings (SSSR count). The van der Waals surface area contributed by atoms with E-state index in [4.69, 9.17) is 10.9 Å². The summed E-state index contributed by atoms with van der Waals surface area (Å²) >= 11 is 0. The first kappa shape index (κ1) is 15.8. The van der Waals surface area contributed by atoms with Crippen LogP contribution in [0, 0.1) is 17.3 Å². The third-order valence-electron chi connectivity index (χ3n) is 3.34. The van der Waals surface area contributed by atoms with Crippen LogP contribution in [0.1, 0.15) is 53.4 Å². The Labute approximate surface area is 115 Å². The van der Waals surface area contributed by atoms with Crippen molar-refractivity contribution in [2.24, 2.45) is 28.1 Å². The molecule has 1 saturated carbocycles. The van der Waals surface area contributed by atoms with Gasteiger partial charge in [-0.25, -0.2) is 0 Å². The highest BCUT2D eigenvalue weighted by molar-refractivity contribution is 5.90. The summed E-state index contributed by atoms with van der Waals surface area (Å²) in [5, 5.41) is 14.7. The van der Waals surface area contributed by atoms with Crippen molar-refractivity contribution in [3.05, 3.63) is 0 Å². The molecule has 0 aliphatic heterocycles. The van der Waals surface area contributed by atoms with Crippen LogP contribution in [0.5, 0.6) is 0 Å². The second-order valence-corrected chi connectivity index (χ2v) is 6.98. The van der Waals surface area contributed by atoms with Crippen molar-refractivity contribution in [1.82, 2.24) is 5.32 Å². The molecule has 1 amide bonds. The minimum Gasteiger partial charge on any atom is -0.409 e. The second-order valence-electron chi connectivity index (χ2n) is 6.98. The van der Waals surface area contributed by atoms with Gasteiger partial charge in [0.25, 0.3) is 0 Å². The Kier molecular flexibility index (Phi) is 5.20. The normalized spacial score (nSPS) is 19.9. The smallest absolute Gasteiger partial charge is 0.220 e. The summed E-state index contributed by atoms with van der Waals surface area (Å²) in [6.07, 6.45) is 3.54. The van der Waals surface area contributed by atoms with Crippen LogP contribution >= 0.6 is 0 Å². The maximum Gasteiger partial charge on any atom is 0.220 e. The molecule has 0 aromatic rings. The van der Waals surface area contributed by atoms with Crippen LogP contribution in [0.2, 0.25) is 0 Å². The zero-order valence-electron chi connectivity index (χ0n) is 12.4. The van der Waals surface area contributed by atoms with E-state index < -0.39 is 0 Å². The van der Waals surface area contributed by atoms with Gasteiger partial charge in [0.15, 0.2) is 5.84 Å². The van der Waals surface area contributed by atoms with E-state index in [-0.39, 0.29) is 23.2 Å². The highest BCUT2D eigenvalue weighted by Gasteiger charge is 2.35. The van der Waals surface area contributed by atoms with Gasteiger partial charge < -0.3 is 16.3 Å². The Morgan fingerprint density at radius 1 is 1.47 bits per heavy atom. The molecule has 2 unspecified atom stereocenters. The van der Waals surface area contributed by atoms with Gasteiger partial charge in [-0.15, -0.1) is 0 Å². The van der Waals surface area contributed by atoms with Gasteiger partial charge in [0.2, 0.25) is 5.91 Å². The molecule has 0 aromatic heterocycles. The molecule has 0 saturated heterocycles. The summed E-state index contributed by atoms with van der Waals surface area (Å²) in [7, 11) is 0. The van der Waals surface area contributed by atoms with Crippen molar-refractivity contribution >= 4 is 11.7 Å². The summed E-state index contributed by atoms with van der Waals surface area (Å²) < 4.78 is 0. The molecule has 0 spiro atoms. The maximum absolute atomic E-state index is 12.0. The summed E-state index contributed by atoms with van der Waals surface area (Å²) in [5.41, 5.74) is 5.85. The molecule has 1 aliphatic rings. The number of hydrogen-bond acceptors (Lipinski definition) is 3. The SMILES string of the molecule is CC(CC(=O)NC(C(N)=NO)C1CC1)CC(C)(C)C. The van der Waals surface area contributed by atoms with Crippen LogP contribution in [-0.2, 0) is 4.79 Å². The number of amides is 1. The summed E-state index contributed by atoms with van der Waals surface area (Å²) in [5.74, 6) is 0.754. The zero-order valence-corrected chi connectivity index (χ0v) is 12.4. The lowest BCUT2D eigenvalue weighted by Crippen LogP contribution is -2.46. The number of nitrogens with two attached hydrogens (primary N) is 1. The number of carbonyl (C=O) groups excluding carboxylic acids is 1. The zero-order chi connectivity index (χ0) is 14.6. The molecule has 0 aromatic carbocycles. The third-order valence-corrected chi connectivity index (χ3v) is 3.34. The van der Waals surface area contributed by atoms with E-state index in [1.54, 1.807) is 0 Å². The predicted molar refractivity (Wildman–Crippen MR) is 75.9 cm³/mol. The number of hydrogen-bond donors (Lipinski definition) is 3. The van der Waals surface area contributed by atoms with E-state index >= 15 is 0 Å². The van der Waals surface area contributed by atoms with Gasteiger partial charge in [-0.3, -0.25) is 4.79 Å². The largest absolute Gasteiger partial charge is 0.409 e. The van der Waals surface area contributed by atoms with E-state index in [9.17, 15) is 4.79 Å². The Balaban J connectivity index is 2.45. The average molecular weight is 269 g/mol. The van der Waals surface area contributed by atoms with Gasteiger partial charge in [0, 0.05) is 6.42 Å². The van der Waals surface area contributed by atoms with Gasteiger partial charge in [0.1, 0.15) is 0 Å². The minimum absolute atomic E-state index is 0.0137. The van der Waals surface area contributed by atoms with Crippen LogP contribution in [-0.4, -0.2) is 23.0 Å². The van der Waals surface area contributed by atoms with E-state index in [0.29, 0.717) is 18.3 Å². The highest BCUT2D eigenvalue weighted by Crippen LogP contribution is 2.33. The molecule has 5 heteroatoms. The van der Waals surface area contributed by atoms with Crippen molar-refractivity contribution < 1.29 is 10.0 Å². The fraction of sp³-hybridized carbons (Fsp3) is 0.857. The molecule has 4 N–H and O–H groups in total. The second kappa shape index (κ2) is 6.26. The van der Waals surface area contributed by atoms with Crippen LogP contribution in [0.15, 0.2) is 5.16 Å². The fourth-order valence-corrected chi connectivity index (χ4v) is 2.59. The molecule has 0 radical (unpaired) electrons. The number of rotatable bonds is 6. The van der Waals surface area contributed by atoms with Crippen molar-refractivity contribution in [2.75, 3.05) is 0 Å². The van der Waals surface area contributed by atoms with E-state index in [2.05, 4.69) is 38.2 Å². The average Bonchev–Trinajstić information content (AvgIpc) is 3.05. The van der Waals surface area contributed by atoms with Crippen molar-refractivity contribution in [2.45, 2.75) is 59.4 Å². The van der Waals surface area contributed by atoms with Gasteiger partial charge >= 0.3 is 0 Å². The topological polar surface area (TPSA) is 87.7 Å². The fourth-order valence-electron chi connectivity index (χ4n) is 2.59. The predicted octanol–water partition coefficient (Wildman–Crippen LogP) is 2.09. The standard InChI is InChI=1S/C14H27N3O2/c1-9(8-14(2,3)4)7-11(18)16-12(10-5-6-10)13(15)17-19/h9-10,12,19H,5-8H2,1-4H3,(H2,15,17)(H,16,18). The Hall–Kier alpha value is -1.26. The molecular weight excluding hydrogens is 242 g/mol. The van der Waals surface area contributed by atoms with Crippen LogP contribution in [0.3, 0.4) is 0 Å². The quantitative estimate of drug-likeness (QED) is 0.298. The molecule has 0 heterocycles. The summed E-state index contributed by atoms with van der Waals surface area (Å²) in [6, 6.07) is -0.306. The molecule has 2 atom stereocenters. The van der Waals surface area contributed by atoms with E-state index in [1.807, 2.05) is 0 Å². The van der Waals surface area contributed by atoms with E-state index in [1.165, 1.54) is 0 Å². The highest BCUT2D eigenvalue weighted by atomic mass is 16.4. The first-order valence-electron chi connectivity index (χ1n) is 6.99. The molecule has 1 aliphatic carbocycles. The van der Waals surface area contributed by atoms with E-state index in [0.717, 1.165) is 19.3 Å². The number of amidine groups is 1.